The van der Waals surface area contributed by atoms with Gasteiger partial charge < -0.3 is 5.11 Å². The lowest BCUT2D eigenvalue weighted by Gasteiger charge is -2.22. The highest BCUT2D eigenvalue weighted by atomic mass is 32.1. The van der Waals surface area contributed by atoms with E-state index < -0.39 is 5.60 Å². The van der Waals surface area contributed by atoms with Crippen molar-refractivity contribution in [2.45, 2.75) is 39.3 Å². The van der Waals surface area contributed by atoms with Crippen LogP contribution in [0.15, 0.2) is 23.6 Å². The summed E-state index contributed by atoms with van der Waals surface area (Å²) in [6.45, 7) is 6.75. The first-order valence-electron chi connectivity index (χ1n) is 5.82. The van der Waals surface area contributed by atoms with Crippen molar-refractivity contribution in [3.8, 4) is 0 Å². The Kier molecular flexibility index (Phi) is 3.35. The Balaban J connectivity index is 2.25. The molecule has 0 radical (unpaired) electrons. The monoisotopic (exact) mass is 250 g/mol. The fourth-order valence-electron chi connectivity index (χ4n) is 2.04. The molecule has 92 valence electrons. The van der Waals surface area contributed by atoms with Gasteiger partial charge in [-0.05, 0) is 38.3 Å². The molecule has 2 aromatic heterocycles. The average Bonchev–Trinajstić information content (AvgIpc) is 2.86. The smallest absolute Gasteiger partial charge is 0.101 e. The maximum Gasteiger partial charge on any atom is 0.101 e. The molecule has 0 spiro atoms. The minimum absolute atomic E-state index is 0.599. The summed E-state index contributed by atoms with van der Waals surface area (Å²) in [6.07, 6.45) is 0.599. The molecule has 1 atom stereocenters. The SMILES string of the molecule is CCn1nc(C)cc1CC(C)(O)c1cccs1. The van der Waals surface area contributed by atoms with Crippen LogP contribution in [-0.2, 0) is 18.6 Å². The first-order valence-corrected chi connectivity index (χ1v) is 6.70. The van der Waals surface area contributed by atoms with Crippen LogP contribution in [0, 0.1) is 6.92 Å². The normalized spacial score (nSPS) is 14.8. The van der Waals surface area contributed by atoms with Crippen LogP contribution in [0.2, 0.25) is 0 Å². The minimum Gasteiger partial charge on any atom is -0.384 e. The van der Waals surface area contributed by atoms with E-state index in [4.69, 9.17) is 0 Å². The number of thiophene rings is 1. The van der Waals surface area contributed by atoms with E-state index in [1.165, 1.54) is 0 Å². The molecule has 0 saturated carbocycles. The third kappa shape index (κ3) is 2.58. The Morgan fingerprint density at radius 2 is 2.29 bits per heavy atom. The van der Waals surface area contributed by atoms with Crippen LogP contribution in [0.4, 0.5) is 0 Å². The lowest BCUT2D eigenvalue weighted by molar-refractivity contribution is 0.0592. The summed E-state index contributed by atoms with van der Waals surface area (Å²) in [7, 11) is 0. The summed E-state index contributed by atoms with van der Waals surface area (Å²) in [5.74, 6) is 0. The van der Waals surface area contributed by atoms with E-state index in [0.717, 1.165) is 22.8 Å². The zero-order valence-corrected chi connectivity index (χ0v) is 11.3. The molecule has 3 nitrogen and oxygen atoms in total. The summed E-state index contributed by atoms with van der Waals surface area (Å²) < 4.78 is 1.96. The molecule has 1 unspecified atom stereocenters. The van der Waals surface area contributed by atoms with Gasteiger partial charge in [0.05, 0.1) is 5.69 Å². The second-order valence-corrected chi connectivity index (χ2v) is 5.47. The van der Waals surface area contributed by atoms with Crippen LogP contribution in [0.3, 0.4) is 0 Å². The van der Waals surface area contributed by atoms with E-state index in [1.54, 1.807) is 11.3 Å². The molecule has 2 heterocycles. The molecular formula is C13H18N2OS. The standard InChI is InChI=1S/C13H18N2OS/c1-4-15-11(8-10(2)14-15)9-13(3,16)12-6-5-7-17-12/h5-8,16H,4,9H2,1-3H3. The van der Waals surface area contributed by atoms with E-state index in [0.29, 0.717) is 6.42 Å². The van der Waals surface area contributed by atoms with Crippen molar-refractivity contribution in [2.75, 3.05) is 0 Å². The number of aromatic nitrogens is 2. The Hall–Kier alpha value is -1.13. The van der Waals surface area contributed by atoms with Crippen molar-refractivity contribution in [3.63, 3.8) is 0 Å². The van der Waals surface area contributed by atoms with Gasteiger partial charge in [0.1, 0.15) is 5.60 Å². The zero-order chi connectivity index (χ0) is 12.5. The van der Waals surface area contributed by atoms with Gasteiger partial charge in [0, 0.05) is 23.5 Å². The number of rotatable bonds is 4. The molecule has 0 fully saturated rings. The Bertz CT molecular complexity index is 485. The van der Waals surface area contributed by atoms with Gasteiger partial charge in [-0.25, -0.2) is 0 Å². The molecule has 0 aromatic carbocycles. The molecular weight excluding hydrogens is 232 g/mol. The molecule has 0 saturated heterocycles. The first kappa shape index (κ1) is 12.3. The lowest BCUT2D eigenvalue weighted by Crippen LogP contribution is -2.24. The number of aryl methyl sites for hydroxylation is 2. The molecule has 2 rings (SSSR count). The predicted octanol–water partition coefficient (Wildman–Crippen LogP) is 2.72. The zero-order valence-electron chi connectivity index (χ0n) is 10.5. The van der Waals surface area contributed by atoms with Gasteiger partial charge in [-0.1, -0.05) is 6.07 Å². The fraction of sp³-hybridized carbons (Fsp3) is 0.462. The molecule has 17 heavy (non-hydrogen) atoms. The highest BCUT2D eigenvalue weighted by Gasteiger charge is 2.26. The van der Waals surface area contributed by atoms with E-state index in [-0.39, 0.29) is 0 Å². The molecule has 4 heteroatoms. The van der Waals surface area contributed by atoms with Crippen LogP contribution in [0.25, 0.3) is 0 Å². The van der Waals surface area contributed by atoms with Gasteiger partial charge >= 0.3 is 0 Å². The van der Waals surface area contributed by atoms with Crippen LogP contribution >= 0.6 is 11.3 Å². The Labute approximate surface area is 106 Å². The summed E-state index contributed by atoms with van der Waals surface area (Å²) >= 11 is 1.59. The van der Waals surface area contributed by atoms with Crippen molar-refractivity contribution in [1.29, 1.82) is 0 Å². The average molecular weight is 250 g/mol. The van der Waals surface area contributed by atoms with E-state index >= 15 is 0 Å². The van der Waals surface area contributed by atoms with E-state index in [1.807, 2.05) is 42.1 Å². The Morgan fingerprint density at radius 1 is 1.53 bits per heavy atom. The quantitative estimate of drug-likeness (QED) is 0.906. The highest BCUT2D eigenvalue weighted by Crippen LogP contribution is 2.29. The Morgan fingerprint density at radius 3 is 2.88 bits per heavy atom. The maximum atomic E-state index is 10.5. The number of nitrogens with zero attached hydrogens (tertiary/aromatic N) is 2. The first-order chi connectivity index (χ1) is 8.03. The predicted molar refractivity (Wildman–Crippen MR) is 70.2 cm³/mol. The molecule has 0 aliphatic heterocycles. The summed E-state index contributed by atoms with van der Waals surface area (Å²) in [4.78, 5) is 0.999. The van der Waals surface area contributed by atoms with Gasteiger partial charge in [-0.15, -0.1) is 11.3 Å². The van der Waals surface area contributed by atoms with Crippen LogP contribution in [-0.4, -0.2) is 14.9 Å². The van der Waals surface area contributed by atoms with Crippen molar-refractivity contribution in [2.24, 2.45) is 0 Å². The summed E-state index contributed by atoms with van der Waals surface area (Å²) in [5, 5.41) is 16.9. The van der Waals surface area contributed by atoms with Crippen LogP contribution in [0.5, 0.6) is 0 Å². The highest BCUT2D eigenvalue weighted by molar-refractivity contribution is 7.10. The van der Waals surface area contributed by atoms with Crippen molar-refractivity contribution >= 4 is 11.3 Å². The lowest BCUT2D eigenvalue weighted by atomic mass is 9.98. The van der Waals surface area contributed by atoms with Gasteiger partial charge in [-0.2, -0.15) is 5.10 Å². The second kappa shape index (κ2) is 4.63. The van der Waals surface area contributed by atoms with Crippen molar-refractivity contribution in [1.82, 2.24) is 9.78 Å². The molecule has 0 bridgehead atoms. The van der Waals surface area contributed by atoms with Gasteiger partial charge in [0.25, 0.3) is 0 Å². The number of hydrogen-bond donors (Lipinski definition) is 1. The molecule has 0 amide bonds. The van der Waals surface area contributed by atoms with Crippen LogP contribution < -0.4 is 0 Å². The molecule has 0 aliphatic rings. The summed E-state index contributed by atoms with van der Waals surface area (Å²) in [6, 6.07) is 5.99. The van der Waals surface area contributed by atoms with Gasteiger partial charge in [0.15, 0.2) is 0 Å². The molecule has 1 N–H and O–H groups in total. The van der Waals surface area contributed by atoms with E-state index in [9.17, 15) is 5.11 Å². The third-order valence-corrected chi connectivity index (χ3v) is 3.99. The second-order valence-electron chi connectivity index (χ2n) is 4.52. The minimum atomic E-state index is -0.812. The number of aliphatic hydroxyl groups is 1. The maximum absolute atomic E-state index is 10.5. The van der Waals surface area contributed by atoms with Crippen molar-refractivity contribution < 1.29 is 5.11 Å². The third-order valence-electron chi connectivity index (χ3n) is 2.86. The van der Waals surface area contributed by atoms with E-state index in [2.05, 4.69) is 12.0 Å². The summed E-state index contributed by atoms with van der Waals surface area (Å²) in [5.41, 5.74) is 1.28. The fourth-order valence-corrected chi connectivity index (χ4v) is 2.83. The topological polar surface area (TPSA) is 38.0 Å². The van der Waals surface area contributed by atoms with Crippen molar-refractivity contribution in [3.05, 3.63) is 39.8 Å². The number of hydrogen-bond acceptors (Lipinski definition) is 3. The van der Waals surface area contributed by atoms with Gasteiger partial charge in [0.2, 0.25) is 0 Å². The largest absolute Gasteiger partial charge is 0.384 e. The molecule has 2 aromatic rings. The molecule has 0 aliphatic carbocycles. The van der Waals surface area contributed by atoms with Crippen LogP contribution in [0.1, 0.15) is 30.1 Å². The van der Waals surface area contributed by atoms with Gasteiger partial charge in [-0.3, -0.25) is 4.68 Å².